The van der Waals surface area contributed by atoms with E-state index in [1.807, 2.05) is 0 Å². The first kappa shape index (κ1) is 11.2. The van der Waals surface area contributed by atoms with Crippen LogP contribution in [0.25, 0.3) is 0 Å². The van der Waals surface area contributed by atoms with E-state index >= 15 is 0 Å². The van der Waals surface area contributed by atoms with E-state index in [-0.39, 0.29) is 17.3 Å². The van der Waals surface area contributed by atoms with Crippen molar-refractivity contribution in [2.75, 3.05) is 0 Å². The maximum atomic E-state index is 11.8. The van der Waals surface area contributed by atoms with Crippen LogP contribution in [0.3, 0.4) is 0 Å². The van der Waals surface area contributed by atoms with Crippen molar-refractivity contribution in [3.05, 3.63) is 66.1 Å². The monoisotopic (exact) mass is 227 g/mol. The summed E-state index contributed by atoms with van der Waals surface area (Å²) >= 11 is 0. The molecule has 0 bridgehead atoms. The summed E-state index contributed by atoms with van der Waals surface area (Å²) < 4.78 is 0. The first-order chi connectivity index (χ1) is 8.16. The normalized spacial score (nSPS) is 10.1. The molecule has 0 heterocycles. The number of ketones is 1. The SMILES string of the molecule is O=C([CH]c1ccccc1O)c1ccc(O)cc1. The third-order valence-electron chi connectivity index (χ3n) is 2.38. The number of para-hydroxylation sites is 1. The highest BCUT2D eigenvalue weighted by Gasteiger charge is 2.10. The van der Waals surface area contributed by atoms with Crippen molar-refractivity contribution in [3.63, 3.8) is 0 Å². The fraction of sp³-hybridized carbons (Fsp3) is 0. The number of phenolic OH excluding ortho intramolecular Hbond substituents is 2. The van der Waals surface area contributed by atoms with Crippen molar-refractivity contribution < 1.29 is 15.0 Å². The fourth-order valence-electron chi connectivity index (χ4n) is 1.46. The summed E-state index contributed by atoms with van der Waals surface area (Å²) in [7, 11) is 0. The van der Waals surface area contributed by atoms with Gasteiger partial charge in [-0.2, -0.15) is 0 Å². The van der Waals surface area contributed by atoms with Gasteiger partial charge in [-0.25, -0.2) is 0 Å². The molecule has 2 aromatic rings. The Kier molecular flexibility index (Phi) is 3.10. The Labute approximate surface area is 99.0 Å². The molecule has 0 amide bonds. The van der Waals surface area contributed by atoms with E-state index in [1.165, 1.54) is 36.8 Å². The van der Waals surface area contributed by atoms with Gasteiger partial charge in [0.15, 0.2) is 5.78 Å². The molecule has 0 aliphatic heterocycles. The van der Waals surface area contributed by atoms with Crippen molar-refractivity contribution in [2.24, 2.45) is 0 Å². The van der Waals surface area contributed by atoms with Crippen LogP contribution < -0.4 is 0 Å². The predicted molar refractivity (Wildman–Crippen MR) is 63.9 cm³/mol. The summed E-state index contributed by atoms with van der Waals surface area (Å²) in [6, 6.07) is 12.6. The van der Waals surface area contributed by atoms with Crippen molar-refractivity contribution in [1.82, 2.24) is 0 Å². The predicted octanol–water partition coefficient (Wildman–Crippen LogP) is 2.53. The van der Waals surface area contributed by atoms with Crippen LogP contribution in [0.5, 0.6) is 11.5 Å². The zero-order valence-corrected chi connectivity index (χ0v) is 9.00. The summed E-state index contributed by atoms with van der Waals surface area (Å²) in [5.41, 5.74) is 0.941. The third kappa shape index (κ3) is 2.64. The Morgan fingerprint density at radius 2 is 1.59 bits per heavy atom. The standard InChI is InChI=1S/C14H11O3/c15-12-7-5-10(6-8-12)14(17)9-11-3-1-2-4-13(11)16/h1-9,15-16H. The zero-order valence-electron chi connectivity index (χ0n) is 9.00. The van der Waals surface area contributed by atoms with Gasteiger partial charge in [0, 0.05) is 11.1 Å². The maximum absolute atomic E-state index is 11.8. The molecule has 2 N–H and O–H groups in total. The second-order valence-corrected chi connectivity index (χ2v) is 3.61. The maximum Gasteiger partial charge on any atom is 0.171 e. The molecule has 0 saturated heterocycles. The Bertz CT molecular complexity index is 529. The van der Waals surface area contributed by atoms with Gasteiger partial charge in [0.05, 0.1) is 6.42 Å². The van der Waals surface area contributed by atoms with Crippen LogP contribution in [0.15, 0.2) is 48.5 Å². The first-order valence-electron chi connectivity index (χ1n) is 5.13. The lowest BCUT2D eigenvalue weighted by molar-refractivity contribution is 0.103. The third-order valence-corrected chi connectivity index (χ3v) is 2.38. The lowest BCUT2D eigenvalue weighted by Gasteiger charge is -2.03. The van der Waals surface area contributed by atoms with E-state index in [2.05, 4.69) is 0 Å². The zero-order chi connectivity index (χ0) is 12.3. The van der Waals surface area contributed by atoms with Gasteiger partial charge in [-0.15, -0.1) is 0 Å². The summed E-state index contributed by atoms with van der Waals surface area (Å²) in [5.74, 6) is -0.0322. The molecule has 3 nitrogen and oxygen atoms in total. The number of aromatic hydroxyl groups is 2. The van der Waals surface area contributed by atoms with E-state index in [9.17, 15) is 9.90 Å². The summed E-state index contributed by atoms with van der Waals surface area (Å²) in [5, 5.41) is 18.6. The average Bonchev–Trinajstić information content (AvgIpc) is 2.33. The largest absolute Gasteiger partial charge is 0.508 e. The van der Waals surface area contributed by atoms with Gasteiger partial charge >= 0.3 is 0 Å². The van der Waals surface area contributed by atoms with Crippen LogP contribution in [0.2, 0.25) is 0 Å². The highest BCUT2D eigenvalue weighted by atomic mass is 16.3. The molecule has 3 heteroatoms. The minimum atomic E-state index is -0.216. The van der Waals surface area contributed by atoms with Gasteiger partial charge in [0.1, 0.15) is 11.5 Å². The molecular weight excluding hydrogens is 216 g/mol. The molecule has 0 atom stereocenters. The average molecular weight is 227 g/mol. The van der Waals surface area contributed by atoms with Crippen LogP contribution in [0.1, 0.15) is 15.9 Å². The van der Waals surface area contributed by atoms with E-state index in [1.54, 1.807) is 18.2 Å². The summed E-state index contributed by atoms with van der Waals surface area (Å²) in [6.07, 6.45) is 1.36. The highest BCUT2D eigenvalue weighted by Crippen LogP contribution is 2.20. The van der Waals surface area contributed by atoms with Crippen LogP contribution in [-0.4, -0.2) is 16.0 Å². The number of carbonyl (C=O) groups is 1. The topological polar surface area (TPSA) is 57.5 Å². The number of hydrogen-bond acceptors (Lipinski definition) is 3. The van der Waals surface area contributed by atoms with Gasteiger partial charge in [-0.3, -0.25) is 4.79 Å². The van der Waals surface area contributed by atoms with E-state index in [0.29, 0.717) is 11.1 Å². The summed E-state index contributed by atoms with van der Waals surface area (Å²) in [4.78, 5) is 11.8. The second kappa shape index (κ2) is 4.70. The molecule has 0 aromatic heterocycles. The number of hydrogen-bond donors (Lipinski definition) is 2. The smallest absolute Gasteiger partial charge is 0.171 e. The number of rotatable bonds is 3. The van der Waals surface area contributed by atoms with Crippen LogP contribution in [0, 0.1) is 6.42 Å². The highest BCUT2D eigenvalue weighted by molar-refractivity contribution is 6.05. The van der Waals surface area contributed by atoms with Gasteiger partial charge in [0.2, 0.25) is 0 Å². The Hall–Kier alpha value is -2.29. The molecule has 0 saturated carbocycles. The number of carbonyl (C=O) groups excluding carboxylic acids is 1. The Balaban J connectivity index is 2.17. The molecule has 1 radical (unpaired) electrons. The van der Waals surface area contributed by atoms with Crippen molar-refractivity contribution in [3.8, 4) is 11.5 Å². The molecule has 17 heavy (non-hydrogen) atoms. The number of phenols is 2. The lowest BCUT2D eigenvalue weighted by Crippen LogP contribution is -2.00. The number of benzene rings is 2. The van der Waals surface area contributed by atoms with E-state index in [4.69, 9.17) is 5.11 Å². The lowest BCUT2D eigenvalue weighted by atomic mass is 10.0. The Morgan fingerprint density at radius 1 is 0.941 bits per heavy atom. The molecular formula is C14H11O3. The first-order valence-corrected chi connectivity index (χ1v) is 5.13. The van der Waals surface area contributed by atoms with Gasteiger partial charge in [0.25, 0.3) is 0 Å². The fourth-order valence-corrected chi connectivity index (χ4v) is 1.46. The molecule has 0 fully saturated rings. The van der Waals surface area contributed by atoms with E-state index in [0.717, 1.165) is 0 Å². The van der Waals surface area contributed by atoms with Crippen molar-refractivity contribution in [2.45, 2.75) is 0 Å². The van der Waals surface area contributed by atoms with E-state index < -0.39 is 0 Å². The van der Waals surface area contributed by atoms with Crippen molar-refractivity contribution in [1.29, 1.82) is 0 Å². The van der Waals surface area contributed by atoms with Crippen molar-refractivity contribution >= 4 is 5.78 Å². The van der Waals surface area contributed by atoms with Gasteiger partial charge in [-0.1, -0.05) is 18.2 Å². The number of Topliss-reactive ketones (excluding diaryl/α,β-unsaturated/α-hetero) is 1. The van der Waals surface area contributed by atoms with Gasteiger partial charge in [-0.05, 0) is 30.3 Å². The molecule has 85 valence electrons. The minimum absolute atomic E-state index is 0.0691. The quantitative estimate of drug-likeness (QED) is 0.792. The molecule has 0 aliphatic carbocycles. The molecule has 2 rings (SSSR count). The Morgan fingerprint density at radius 3 is 2.24 bits per heavy atom. The van der Waals surface area contributed by atoms with Crippen LogP contribution in [-0.2, 0) is 0 Å². The second-order valence-electron chi connectivity index (χ2n) is 3.61. The van der Waals surface area contributed by atoms with Gasteiger partial charge < -0.3 is 10.2 Å². The minimum Gasteiger partial charge on any atom is -0.508 e. The summed E-state index contributed by atoms with van der Waals surface area (Å²) in [6.45, 7) is 0. The molecule has 2 aromatic carbocycles. The van der Waals surface area contributed by atoms with Crippen LogP contribution >= 0.6 is 0 Å². The van der Waals surface area contributed by atoms with Crippen LogP contribution in [0.4, 0.5) is 0 Å². The molecule has 0 aliphatic rings. The molecule has 0 unspecified atom stereocenters. The molecule has 0 spiro atoms.